The topological polar surface area (TPSA) is 58.6 Å². The lowest BCUT2D eigenvalue weighted by molar-refractivity contribution is 0.350. The lowest BCUT2D eigenvalue weighted by Gasteiger charge is -2.22. The molecule has 5 nitrogen and oxygen atoms in total. The first-order valence-corrected chi connectivity index (χ1v) is 8.62. The highest BCUT2D eigenvalue weighted by atomic mass is 35.5. The van der Waals surface area contributed by atoms with Crippen LogP contribution in [-0.2, 0) is 10.0 Å². The molecule has 0 radical (unpaired) electrons. The number of hydrogen-bond donors (Lipinski definition) is 1. The molecule has 1 atom stereocenters. The summed E-state index contributed by atoms with van der Waals surface area (Å²) in [5.74, 6) is 1.13. The van der Waals surface area contributed by atoms with Gasteiger partial charge in [-0.15, -0.1) is 12.4 Å². The van der Waals surface area contributed by atoms with E-state index in [2.05, 4.69) is 5.32 Å². The van der Waals surface area contributed by atoms with E-state index in [1.165, 1.54) is 0 Å². The first kappa shape index (κ1) is 17.3. The smallest absolute Gasteiger partial charge is 0.242 e. The van der Waals surface area contributed by atoms with Crippen molar-refractivity contribution in [3.8, 4) is 5.75 Å². The fourth-order valence-electron chi connectivity index (χ4n) is 2.88. The normalized spacial score (nSPS) is 21.5. The van der Waals surface area contributed by atoms with Crippen molar-refractivity contribution in [1.29, 1.82) is 0 Å². The number of sulfonamides is 1. The molecule has 0 bridgehead atoms. The van der Waals surface area contributed by atoms with Crippen LogP contribution in [0.25, 0.3) is 6.08 Å². The molecule has 1 fully saturated rings. The fraction of sp³-hybridized carbons (Fsp3) is 0.467. The molecule has 1 saturated heterocycles. The average Bonchev–Trinajstić information content (AvgIpc) is 2.96. The highest BCUT2D eigenvalue weighted by Gasteiger charge is 2.34. The summed E-state index contributed by atoms with van der Waals surface area (Å²) in [4.78, 5) is 0.353. The van der Waals surface area contributed by atoms with Gasteiger partial charge in [0.25, 0.3) is 0 Å². The molecular weight excluding hydrogens is 324 g/mol. The van der Waals surface area contributed by atoms with Gasteiger partial charge in [-0.1, -0.05) is 18.2 Å². The third-order valence-corrected chi connectivity index (χ3v) is 5.93. The molecule has 122 valence electrons. The Kier molecular flexibility index (Phi) is 5.50. The zero-order valence-electron chi connectivity index (χ0n) is 12.5. The largest absolute Gasteiger partial charge is 0.487 e. The molecule has 0 aromatic heterocycles. The fourth-order valence-corrected chi connectivity index (χ4v) is 4.45. The standard InChI is InChI=1S/C15H20N2O3S.ClH/c1-16-9-12-6-7-17(10-12)21(18,19)14-8-13-4-2-3-5-15(13)20-11-14;/h2-5,8,12,16H,6-7,9-11H2,1H3;1H. The van der Waals surface area contributed by atoms with Gasteiger partial charge >= 0.3 is 0 Å². The summed E-state index contributed by atoms with van der Waals surface area (Å²) >= 11 is 0. The lowest BCUT2D eigenvalue weighted by atomic mass is 10.1. The zero-order chi connectivity index (χ0) is 14.9. The van der Waals surface area contributed by atoms with Crippen LogP contribution in [0, 0.1) is 5.92 Å². The van der Waals surface area contributed by atoms with E-state index in [0.29, 0.717) is 23.9 Å². The van der Waals surface area contributed by atoms with Crippen LogP contribution in [-0.4, -0.2) is 46.0 Å². The van der Waals surface area contributed by atoms with E-state index >= 15 is 0 Å². The number of para-hydroxylation sites is 1. The molecule has 2 aliphatic heterocycles. The number of ether oxygens (including phenoxy) is 1. The Labute approximate surface area is 137 Å². The maximum atomic E-state index is 12.7. The van der Waals surface area contributed by atoms with Crippen molar-refractivity contribution >= 4 is 28.5 Å². The third kappa shape index (κ3) is 3.30. The van der Waals surface area contributed by atoms with Gasteiger partial charge < -0.3 is 10.1 Å². The van der Waals surface area contributed by atoms with E-state index in [1.54, 1.807) is 10.4 Å². The summed E-state index contributed by atoms with van der Waals surface area (Å²) in [5.41, 5.74) is 0.827. The van der Waals surface area contributed by atoms with Gasteiger partial charge in [0.15, 0.2) is 0 Å². The molecule has 1 N–H and O–H groups in total. The maximum Gasteiger partial charge on any atom is 0.242 e. The highest BCUT2D eigenvalue weighted by molar-refractivity contribution is 7.93. The van der Waals surface area contributed by atoms with Crippen molar-refractivity contribution < 1.29 is 13.2 Å². The average molecular weight is 345 g/mol. The summed E-state index contributed by atoms with van der Waals surface area (Å²) in [5, 5.41) is 3.11. The molecule has 0 spiro atoms. The Morgan fingerprint density at radius 2 is 2.14 bits per heavy atom. The SMILES string of the molecule is CNCC1CCN(S(=O)(=O)C2=Cc3ccccc3OC2)C1.Cl. The van der Waals surface area contributed by atoms with Crippen molar-refractivity contribution in [2.45, 2.75) is 6.42 Å². The van der Waals surface area contributed by atoms with Gasteiger partial charge in [-0.3, -0.25) is 0 Å². The van der Waals surface area contributed by atoms with E-state index in [1.807, 2.05) is 31.3 Å². The minimum absolute atomic E-state index is 0. The number of halogens is 1. The number of fused-ring (bicyclic) bond motifs is 1. The Morgan fingerprint density at radius 3 is 2.91 bits per heavy atom. The third-order valence-electron chi connectivity index (χ3n) is 4.02. The maximum absolute atomic E-state index is 12.7. The van der Waals surface area contributed by atoms with Gasteiger partial charge in [0.2, 0.25) is 10.0 Å². The first-order chi connectivity index (χ1) is 10.1. The quantitative estimate of drug-likeness (QED) is 0.903. The number of rotatable bonds is 4. The van der Waals surface area contributed by atoms with E-state index in [9.17, 15) is 8.42 Å². The summed E-state index contributed by atoms with van der Waals surface area (Å²) in [7, 11) is -1.52. The summed E-state index contributed by atoms with van der Waals surface area (Å²) in [6.45, 7) is 2.15. The number of hydrogen-bond acceptors (Lipinski definition) is 4. The van der Waals surface area contributed by atoms with Gasteiger partial charge in [-0.05, 0) is 38.1 Å². The molecule has 0 amide bonds. The minimum Gasteiger partial charge on any atom is -0.487 e. The van der Waals surface area contributed by atoms with Crippen LogP contribution in [0.15, 0.2) is 29.2 Å². The van der Waals surface area contributed by atoms with Gasteiger partial charge in [0.05, 0.1) is 4.91 Å². The van der Waals surface area contributed by atoms with Crippen LogP contribution in [0.2, 0.25) is 0 Å². The van der Waals surface area contributed by atoms with Gasteiger partial charge in [-0.25, -0.2) is 8.42 Å². The van der Waals surface area contributed by atoms with Crippen LogP contribution in [0.1, 0.15) is 12.0 Å². The van der Waals surface area contributed by atoms with Crippen molar-refractivity contribution in [3.63, 3.8) is 0 Å². The Bertz CT molecular complexity index is 661. The molecule has 1 unspecified atom stereocenters. The van der Waals surface area contributed by atoms with Gasteiger partial charge in [0, 0.05) is 18.7 Å². The second-order valence-electron chi connectivity index (χ2n) is 5.51. The zero-order valence-corrected chi connectivity index (χ0v) is 14.1. The predicted molar refractivity (Wildman–Crippen MR) is 89.7 cm³/mol. The predicted octanol–water partition coefficient (Wildman–Crippen LogP) is 1.71. The molecule has 7 heteroatoms. The van der Waals surface area contributed by atoms with Crippen molar-refractivity contribution in [3.05, 3.63) is 34.7 Å². The Morgan fingerprint density at radius 1 is 1.36 bits per heavy atom. The van der Waals surface area contributed by atoms with Crippen LogP contribution in [0.3, 0.4) is 0 Å². The second kappa shape index (κ2) is 7.00. The minimum atomic E-state index is -3.41. The molecule has 2 heterocycles. The molecule has 22 heavy (non-hydrogen) atoms. The summed E-state index contributed by atoms with van der Waals surface area (Å²) < 4.78 is 32.6. The molecule has 1 aromatic carbocycles. The molecule has 1 aromatic rings. The Balaban J connectivity index is 0.00000176. The van der Waals surface area contributed by atoms with Gasteiger partial charge in [-0.2, -0.15) is 4.31 Å². The van der Waals surface area contributed by atoms with Crippen molar-refractivity contribution in [2.24, 2.45) is 5.92 Å². The number of benzene rings is 1. The summed E-state index contributed by atoms with van der Waals surface area (Å²) in [6, 6.07) is 7.49. The van der Waals surface area contributed by atoms with E-state index in [0.717, 1.165) is 24.3 Å². The second-order valence-corrected chi connectivity index (χ2v) is 7.50. The van der Waals surface area contributed by atoms with Crippen LogP contribution in [0.5, 0.6) is 5.75 Å². The van der Waals surface area contributed by atoms with Crippen molar-refractivity contribution in [1.82, 2.24) is 9.62 Å². The monoisotopic (exact) mass is 344 g/mol. The van der Waals surface area contributed by atoms with Gasteiger partial charge in [0.1, 0.15) is 12.4 Å². The molecule has 2 aliphatic rings. The summed E-state index contributed by atoms with van der Waals surface area (Å²) in [6.07, 6.45) is 2.64. The Hall–Kier alpha value is -1.08. The van der Waals surface area contributed by atoms with Crippen molar-refractivity contribution in [2.75, 3.05) is 33.3 Å². The molecule has 0 aliphatic carbocycles. The molecular formula is C15H21ClN2O3S. The van der Waals surface area contributed by atoms with E-state index in [-0.39, 0.29) is 19.0 Å². The molecule has 0 saturated carbocycles. The van der Waals surface area contributed by atoms with Crippen LogP contribution >= 0.6 is 12.4 Å². The van der Waals surface area contributed by atoms with E-state index < -0.39 is 10.0 Å². The van der Waals surface area contributed by atoms with Crippen LogP contribution < -0.4 is 10.1 Å². The number of nitrogens with zero attached hydrogens (tertiary/aromatic N) is 1. The lowest BCUT2D eigenvalue weighted by Crippen LogP contribution is -2.33. The highest BCUT2D eigenvalue weighted by Crippen LogP contribution is 2.31. The molecule has 3 rings (SSSR count). The first-order valence-electron chi connectivity index (χ1n) is 7.18. The van der Waals surface area contributed by atoms with Crippen LogP contribution in [0.4, 0.5) is 0 Å². The van der Waals surface area contributed by atoms with E-state index in [4.69, 9.17) is 4.74 Å². The number of nitrogens with one attached hydrogen (secondary N) is 1.